The normalized spacial score (nSPS) is 15.8. The number of aromatic nitrogens is 1. The fourth-order valence-corrected chi connectivity index (χ4v) is 3.16. The molecule has 0 saturated carbocycles. The van der Waals surface area contributed by atoms with Crippen LogP contribution < -0.4 is 10.5 Å². The van der Waals surface area contributed by atoms with Crippen molar-refractivity contribution in [1.82, 2.24) is 9.88 Å². The van der Waals surface area contributed by atoms with Gasteiger partial charge in [0.15, 0.2) is 0 Å². The van der Waals surface area contributed by atoms with Gasteiger partial charge < -0.3 is 20.4 Å². The molecule has 2 heterocycles. The molecule has 1 aliphatic heterocycles. The lowest BCUT2D eigenvalue weighted by Crippen LogP contribution is -2.42. The van der Waals surface area contributed by atoms with E-state index < -0.39 is 12.2 Å². The number of amides is 1. The minimum Gasteiger partial charge on any atom is -0.457 e. The molecule has 2 unspecified atom stereocenters. The molecular formula is C24H30FIN4O2. The fourth-order valence-electron chi connectivity index (χ4n) is 3.16. The maximum Gasteiger partial charge on any atom is 0.239 e. The number of nitrogens with zero attached hydrogens (tertiary/aromatic N) is 2. The Labute approximate surface area is 202 Å². The summed E-state index contributed by atoms with van der Waals surface area (Å²) < 4.78 is 21.7. The Kier molecular flexibility index (Phi) is 10.6. The molecule has 0 bridgehead atoms. The minimum atomic E-state index is -0.849. The summed E-state index contributed by atoms with van der Waals surface area (Å²) in [5, 5.41) is 1.16. The van der Waals surface area contributed by atoms with Crippen molar-refractivity contribution in [3.8, 4) is 11.5 Å². The first-order valence-electron chi connectivity index (χ1n) is 10.4. The first kappa shape index (κ1) is 25.8. The average molecular weight is 552 g/mol. The number of alkyl halides is 1. The van der Waals surface area contributed by atoms with Crippen molar-refractivity contribution in [2.24, 2.45) is 8.94 Å². The minimum absolute atomic E-state index is 0.113. The van der Waals surface area contributed by atoms with Crippen LogP contribution in [0.15, 0.2) is 57.9 Å². The number of H-pyrrole nitrogens is 1. The van der Waals surface area contributed by atoms with Crippen LogP contribution in [0.3, 0.4) is 0 Å². The van der Waals surface area contributed by atoms with E-state index >= 15 is 0 Å². The van der Waals surface area contributed by atoms with E-state index in [1.807, 2.05) is 61.7 Å². The largest absolute Gasteiger partial charge is 0.457 e. The number of hydrogen-bond acceptors (Lipinski definition) is 4. The van der Waals surface area contributed by atoms with Crippen LogP contribution in [-0.2, 0) is 4.79 Å². The molecule has 172 valence electrons. The van der Waals surface area contributed by atoms with Gasteiger partial charge in [-0.25, -0.2) is 7.60 Å². The highest BCUT2D eigenvalue weighted by atomic mass is 127. The summed E-state index contributed by atoms with van der Waals surface area (Å²) in [6, 6.07) is 15.7. The molecule has 1 saturated heterocycles. The van der Waals surface area contributed by atoms with Crippen molar-refractivity contribution in [1.29, 1.82) is 0 Å². The number of rotatable bonds is 4. The van der Waals surface area contributed by atoms with E-state index in [1.165, 1.54) is 10.5 Å². The number of likely N-dealkylation sites (tertiary alicyclic amines) is 1. The number of carbonyl (C=O) groups is 1. The van der Waals surface area contributed by atoms with Crippen molar-refractivity contribution in [3.05, 3.63) is 60.3 Å². The van der Waals surface area contributed by atoms with Crippen LogP contribution >= 0.6 is 22.9 Å². The lowest BCUT2D eigenvalue weighted by molar-refractivity contribution is -0.131. The van der Waals surface area contributed by atoms with Crippen LogP contribution in [0.25, 0.3) is 10.9 Å². The van der Waals surface area contributed by atoms with Crippen molar-refractivity contribution in [2.75, 3.05) is 13.1 Å². The predicted octanol–water partition coefficient (Wildman–Crippen LogP) is 5.60. The standard InChI is InChI=1S/C15H13NO.C8H15FN2O.CH2IN/c1-11-2-4-13(5-3-11)17-14-6-7-15-12(10-14)8-9-16-15;1-2-7(10)8(12)11-4-3-6(9)5-11;1-3-2/h2-10,16H,1H3;6-7H,2-5,10H2,1H3;1H2. The summed E-state index contributed by atoms with van der Waals surface area (Å²) in [5.41, 5.74) is 7.89. The first-order valence-corrected chi connectivity index (χ1v) is 11.4. The summed E-state index contributed by atoms with van der Waals surface area (Å²) in [7, 11) is 0. The highest BCUT2D eigenvalue weighted by molar-refractivity contribution is 14.1. The Morgan fingerprint density at radius 1 is 1.31 bits per heavy atom. The Hall–Kier alpha value is -2.46. The third kappa shape index (κ3) is 7.90. The topological polar surface area (TPSA) is 83.7 Å². The molecular weight excluding hydrogens is 522 g/mol. The van der Waals surface area contributed by atoms with Gasteiger partial charge in [0.1, 0.15) is 17.7 Å². The molecule has 8 heteroatoms. The summed E-state index contributed by atoms with van der Waals surface area (Å²) in [4.78, 5) is 16.0. The van der Waals surface area contributed by atoms with E-state index in [0.29, 0.717) is 19.4 Å². The third-order valence-electron chi connectivity index (χ3n) is 4.98. The van der Waals surface area contributed by atoms with Crippen LogP contribution in [0.2, 0.25) is 0 Å². The second-order valence-corrected chi connectivity index (χ2v) is 8.13. The van der Waals surface area contributed by atoms with Gasteiger partial charge in [0.25, 0.3) is 0 Å². The second kappa shape index (κ2) is 13.2. The lowest BCUT2D eigenvalue weighted by atomic mass is 10.2. The summed E-state index contributed by atoms with van der Waals surface area (Å²) in [6.07, 6.45) is 2.16. The van der Waals surface area contributed by atoms with Gasteiger partial charge >= 0.3 is 0 Å². The molecule has 4 rings (SSSR count). The van der Waals surface area contributed by atoms with Gasteiger partial charge in [-0.15, -0.1) is 0 Å². The van der Waals surface area contributed by atoms with Crippen LogP contribution in [0.1, 0.15) is 25.3 Å². The van der Waals surface area contributed by atoms with E-state index in [-0.39, 0.29) is 12.5 Å². The van der Waals surface area contributed by atoms with Crippen molar-refractivity contribution in [2.45, 2.75) is 38.9 Å². The molecule has 6 nitrogen and oxygen atoms in total. The Morgan fingerprint density at radius 2 is 1.97 bits per heavy atom. The van der Waals surface area contributed by atoms with Crippen molar-refractivity contribution >= 4 is 46.4 Å². The lowest BCUT2D eigenvalue weighted by Gasteiger charge is -2.18. The molecule has 1 aliphatic rings. The number of halogens is 2. The van der Waals surface area contributed by atoms with Crippen LogP contribution in [0, 0.1) is 6.92 Å². The zero-order chi connectivity index (χ0) is 23.5. The molecule has 3 N–H and O–H groups in total. The number of hydrogen-bond donors (Lipinski definition) is 2. The molecule has 32 heavy (non-hydrogen) atoms. The number of carbonyl (C=O) groups excluding carboxylic acids is 1. The quantitative estimate of drug-likeness (QED) is 0.327. The average Bonchev–Trinajstić information content (AvgIpc) is 3.44. The van der Waals surface area contributed by atoms with Crippen LogP contribution in [0.4, 0.5) is 4.39 Å². The molecule has 0 spiro atoms. The fraction of sp³-hybridized carbons (Fsp3) is 0.333. The predicted molar refractivity (Wildman–Crippen MR) is 137 cm³/mol. The monoisotopic (exact) mass is 552 g/mol. The van der Waals surface area contributed by atoms with Gasteiger partial charge in [-0.2, -0.15) is 0 Å². The molecule has 1 aromatic heterocycles. The number of aromatic amines is 1. The Morgan fingerprint density at radius 3 is 2.56 bits per heavy atom. The molecule has 2 aromatic carbocycles. The van der Waals surface area contributed by atoms with Gasteiger partial charge in [0, 0.05) is 23.6 Å². The van der Waals surface area contributed by atoms with Gasteiger partial charge in [-0.3, -0.25) is 4.79 Å². The van der Waals surface area contributed by atoms with Crippen LogP contribution in [-0.4, -0.2) is 47.8 Å². The highest BCUT2D eigenvalue weighted by Gasteiger charge is 2.28. The smallest absolute Gasteiger partial charge is 0.239 e. The maximum absolute atomic E-state index is 12.7. The summed E-state index contributed by atoms with van der Waals surface area (Å²) in [6.45, 7) is 7.77. The molecule has 1 amide bonds. The molecule has 0 aliphatic carbocycles. The number of nitrogens with two attached hydrogens (primary N) is 1. The van der Waals surface area contributed by atoms with Crippen molar-refractivity contribution in [3.63, 3.8) is 0 Å². The number of ether oxygens (including phenoxy) is 1. The number of fused-ring (bicyclic) bond motifs is 1. The first-order chi connectivity index (χ1) is 15.4. The van der Waals surface area contributed by atoms with E-state index in [2.05, 4.69) is 21.8 Å². The van der Waals surface area contributed by atoms with E-state index in [9.17, 15) is 9.18 Å². The van der Waals surface area contributed by atoms with Crippen LogP contribution in [0.5, 0.6) is 11.5 Å². The second-order valence-electron chi connectivity index (χ2n) is 7.45. The Bertz CT molecular complexity index is 993. The number of nitrogens with one attached hydrogen (secondary N) is 1. The summed E-state index contributed by atoms with van der Waals surface area (Å²) >= 11 is 1.80. The number of aryl methyl sites for hydroxylation is 1. The van der Waals surface area contributed by atoms with Gasteiger partial charge in [0.05, 0.1) is 35.5 Å². The van der Waals surface area contributed by atoms with E-state index in [4.69, 9.17) is 10.5 Å². The highest BCUT2D eigenvalue weighted by Crippen LogP contribution is 2.25. The molecule has 3 aromatic rings. The maximum atomic E-state index is 12.7. The molecule has 2 atom stereocenters. The number of benzene rings is 2. The SMILES string of the molecule is C=NI.CCC(N)C(=O)N1CCC(F)C1.Cc1ccc(Oc2ccc3[nH]ccc3c2)cc1. The van der Waals surface area contributed by atoms with Crippen molar-refractivity contribution < 1.29 is 13.9 Å². The molecule has 1 fully saturated rings. The van der Waals surface area contributed by atoms with Gasteiger partial charge in [0.2, 0.25) is 5.91 Å². The van der Waals surface area contributed by atoms with Gasteiger partial charge in [-0.05, 0) is 62.9 Å². The Balaban J connectivity index is 0.000000213. The molecule has 0 radical (unpaired) electrons. The van der Waals surface area contributed by atoms with Gasteiger partial charge in [-0.1, -0.05) is 24.6 Å². The van der Waals surface area contributed by atoms with E-state index in [0.717, 1.165) is 22.4 Å². The third-order valence-corrected chi connectivity index (χ3v) is 4.98. The summed E-state index contributed by atoms with van der Waals surface area (Å²) in [5.74, 6) is 1.61. The zero-order valence-corrected chi connectivity index (χ0v) is 20.6. The zero-order valence-electron chi connectivity index (χ0n) is 18.4. The van der Waals surface area contributed by atoms with E-state index in [1.54, 1.807) is 22.9 Å².